The minimum atomic E-state index is -0.0951. The van der Waals surface area contributed by atoms with E-state index in [2.05, 4.69) is 43.2 Å². The van der Waals surface area contributed by atoms with Gasteiger partial charge in [-0.25, -0.2) is 0 Å². The number of amides is 1. The predicted molar refractivity (Wildman–Crippen MR) is 135 cm³/mol. The molecule has 1 aromatic carbocycles. The third-order valence-electron chi connectivity index (χ3n) is 8.82. The van der Waals surface area contributed by atoms with E-state index in [-0.39, 0.29) is 22.8 Å². The Balaban J connectivity index is 1.53. The van der Waals surface area contributed by atoms with Gasteiger partial charge in [-0.1, -0.05) is 58.1 Å². The number of fused-ring (bicyclic) bond motifs is 4. The lowest BCUT2D eigenvalue weighted by Crippen LogP contribution is -2.65. The van der Waals surface area contributed by atoms with Crippen LogP contribution in [-0.2, 0) is 16.6 Å². The van der Waals surface area contributed by atoms with Gasteiger partial charge in [0.15, 0.2) is 0 Å². The van der Waals surface area contributed by atoms with Gasteiger partial charge in [0.2, 0.25) is 0 Å². The second-order valence-corrected chi connectivity index (χ2v) is 10.9. The van der Waals surface area contributed by atoms with E-state index in [1.807, 2.05) is 31.2 Å². The number of nitrogens with zero attached hydrogens (tertiary/aromatic N) is 2. The van der Waals surface area contributed by atoms with Gasteiger partial charge in [0.25, 0.3) is 5.91 Å². The van der Waals surface area contributed by atoms with Crippen molar-refractivity contribution in [1.29, 1.82) is 0 Å². The Morgan fingerprint density at radius 2 is 1.88 bits per heavy atom. The summed E-state index contributed by atoms with van der Waals surface area (Å²) >= 11 is 0. The van der Waals surface area contributed by atoms with Crippen molar-refractivity contribution in [3.63, 3.8) is 0 Å². The average Bonchev–Trinajstić information content (AvgIpc) is 2.78. The zero-order chi connectivity index (χ0) is 23.8. The first-order chi connectivity index (χ1) is 15.7. The molecule has 1 amide bonds. The standard InChI is InChI=1S/C29H40N2O2/c1-6-22(14-13-21(2)20-30-16-8-7-9-17-30)27(33)31-18-15-29(5)24-11-10-12-25(32)23(24)19-26(31)28(29,3)4/h6,10-14,26,32H,2,7-9,15-20H2,1,3-5H3/b14-13-,22-6+/t26-,29+/m1/s1. The van der Waals surface area contributed by atoms with Crippen LogP contribution in [0.2, 0.25) is 0 Å². The van der Waals surface area contributed by atoms with E-state index in [0.29, 0.717) is 12.2 Å². The number of phenols is 1. The van der Waals surface area contributed by atoms with Crippen LogP contribution in [0.1, 0.15) is 64.5 Å². The Kier molecular flexibility index (Phi) is 6.59. The second-order valence-electron chi connectivity index (χ2n) is 10.9. The van der Waals surface area contributed by atoms with Crippen molar-refractivity contribution in [2.75, 3.05) is 26.2 Å². The minimum absolute atomic E-state index is 0.0458. The average molecular weight is 449 g/mol. The first kappa shape index (κ1) is 23.8. The van der Waals surface area contributed by atoms with Gasteiger partial charge in [0.1, 0.15) is 5.75 Å². The van der Waals surface area contributed by atoms with Crippen molar-refractivity contribution < 1.29 is 9.90 Å². The van der Waals surface area contributed by atoms with E-state index in [9.17, 15) is 9.90 Å². The molecule has 178 valence electrons. The highest BCUT2D eigenvalue weighted by atomic mass is 16.3. The topological polar surface area (TPSA) is 43.8 Å². The lowest BCUT2D eigenvalue weighted by atomic mass is 9.51. The van der Waals surface area contributed by atoms with Crippen LogP contribution in [0.25, 0.3) is 0 Å². The molecule has 4 nitrogen and oxygen atoms in total. The SMILES string of the molecule is C=C(/C=C\C(=C/C)C(=O)N1CC[C@@]2(C)c3cccc(O)c3C[C@@H]1C2(C)C)CN1CCCCC1. The summed E-state index contributed by atoms with van der Waals surface area (Å²) in [5, 5.41) is 10.6. The van der Waals surface area contributed by atoms with Gasteiger partial charge < -0.3 is 10.0 Å². The molecule has 2 saturated heterocycles. The number of rotatable bonds is 5. The highest BCUT2D eigenvalue weighted by Crippen LogP contribution is 2.57. The summed E-state index contributed by atoms with van der Waals surface area (Å²) in [6, 6.07) is 5.94. The maximum atomic E-state index is 13.7. The molecule has 2 bridgehead atoms. The first-order valence-electron chi connectivity index (χ1n) is 12.6. The number of benzene rings is 1. The minimum Gasteiger partial charge on any atom is -0.508 e. The highest BCUT2D eigenvalue weighted by molar-refractivity contribution is 5.96. The maximum absolute atomic E-state index is 13.7. The molecule has 1 N–H and O–H groups in total. The van der Waals surface area contributed by atoms with E-state index in [1.54, 1.807) is 6.07 Å². The third-order valence-corrected chi connectivity index (χ3v) is 8.82. The van der Waals surface area contributed by atoms with Gasteiger partial charge >= 0.3 is 0 Å². The molecule has 0 unspecified atom stereocenters. The van der Waals surface area contributed by atoms with Gasteiger partial charge in [0, 0.05) is 30.1 Å². The molecule has 2 fully saturated rings. The quantitative estimate of drug-likeness (QED) is 0.486. The van der Waals surface area contributed by atoms with Crippen LogP contribution in [0.5, 0.6) is 5.75 Å². The fourth-order valence-corrected chi connectivity index (χ4v) is 6.29. The van der Waals surface area contributed by atoms with Crippen molar-refractivity contribution in [1.82, 2.24) is 9.80 Å². The molecule has 33 heavy (non-hydrogen) atoms. The molecule has 0 saturated carbocycles. The monoisotopic (exact) mass is 448 g/mol. The van der Waals surface area contributed by atoms with Crippen LogP contribution in [0.4, 0.5) is 0 Å². The van der Waals surface area contributed by atoms with E-state index >= 15 is 0 Å². The lowest BCUT2D eigenvalue weighted by molar-refractivity contribution is -0.139. The fraction of sp³-hybridized carbons (Fsp3) is 0.552. The number of carbonyl (C=O) groups is 1. The molecule has 1 aliphatic carbocycles. The number of hydrogen-bond acceptors (Lipinski definition) is 3. The number of likely N-dealkylation sites (tertiary alicyclic amines) is 2. The van der Waals surface area contributed by atoms with Crippen molar-refractivity contribution in [2.45, 2.75) is 71.3 Å². The normalized spacial score (nSPS) is 27.5. The number of aromatic hydroxyl groups is 1. The molecular weight excluding hydrogens is 408 g/mol. The molecule has 2 heterocycles. The van der Waals surface area contributed by atoms with E-state index < -0.39 is 0 Å². The van der Waals surface area contributed by atoms with Crippen molar-refractivity contribution in [3.05, 3.63) is 65.3 Å². The molecule has 3 aliphatic rings. The Bertz CT molecular complexity index is 983. The van der Waals surface area contributed by atoms with Crippen LogP contribution >= 0.6 is 0 Å². The summed E-state index contributed by atoms with van der Waals surface area (Å²) in [6.07, 6.45) is 11.3. The van der Waals surface area contributed by atoms with Crippen molar-refractivity contribution in [3.8, 4) is 5.75 Å². The van der Waals surface area contributed by atoms with Crippen LogP contribution in [-0.4, -0.2) is 53.0 Å². The lowest BCUT2D eigenvalue weighted by Gasteiger charge is -2.60. The largest absolute Gasteiger partial charge is 0.508 e. The number of phenolic OH excluding ortho intramolecular Hbond substituents is 1. The molecule has 4 heteroatoms. The first-order valence-corrected chi connectivity index (χ1v) is 12.6. The van der Waals surface area contributed by atoms with Crippen molar-refractivity contribution >= 4 is 5.91 Å². The molecule has 0 aromatic heterocycles. The molecule has 1 aromatic rings. The molecule has 2 atom stereocenters. The van der Waals surface area contributed by atoms with Gasteiger partial charge in [-0.3, -0.25) is 9.69 Å². The summed E-state index contributed by atoms with van der Waals surface area (Å²) in [7, 11) is 0. The van der Waals surface area contributed by atoms with Gasteiger partial charge in [-0.2, -0.15) is 0 Å². The Morgan fingerprint density at radius 3 is 2.58 bits per heavy atom. The van der Waals surface area contributed by atoms with E-state index in [0.717, 1.165) is 49.3 Å². The number of allylic oxidation sites excluding steroid dienone is 1. The zero-order valence-electron chi connectivity index (χ0n) is 20.9. The molecule has 0 radical (unpaired) electrons. The number of piperidine rings is 2. The summed E-state index contributed by atoms with van der Waals surface area (Å²) in [5.74, 6) is 0.437. The maximum Gasteiger partial charge on any atom is 0.253 e. The third kappa shape index (κ3) is 4.19. The van der Waals surface area contributed by atoms with E-state index in [4.69, 9.17) is 0 Å². The fourth-order valence-electron chi connectivity index (χ4n) is 6.29. The molecule has 0 spiro atoms. The zero-order valence-corrected chi connectivity index (χ0v) is 20.9. The predicted octanol–water partition coefficient (Wildman–Crippen LogP) is 5.38. The number of carbonyl (C=O) groups excluding carboxylic acids is 1. The highest BCUT2D eigenvalue weighted by Gasteiger charge is 2.57. The van der Waals surface area contributed by atoms with Gasteiger partial charge in [-0.15, -0.1) is 0 Å². The Morgan fingerprint density at radius 1 is 1.15 bits per heavy atom. The summed E-state index contributed by atoms with van der Waals surface area (Å²) in [4.78, 5) is 18.2. The van der Waals surface area contributed by atoms with Gasteiger partial charge in [0.05, 0.1) is 0 Å². The van der Waals surface area contributed by atoms with E-state index in [1.165, 1.54) is 24.8 Å². The molecular formula is C29H40N2O2. The molecule has 2 aliphatic heterocycles. The number of hydrogen-bond donors (Lipinski definition) is 1. The van der Waals surface area contributed by atoms with Crippen LogP contribution in [0, 0.1) is 5.41 Å². The summed E-state index contributed by atoms with van der Waals surface area (Å²) < 4.78 is 0. The van der Waals surface area contributed by atoms with Crippen LogP contribution in [0.15, 0.2) is 54.2 Å². The van der Waals surface area contributed by atoms with Crippen LogP contribution < -0.4 is 0 Å². The second kappa shape index (κ2) is 9.13. The summed E-state index contributed by atoms with van der Waals surface area (Å²) in [6.45, 7) is 16.9. The van der Waals surface area contributed by atoms with Crippen LogP contribution in [0.3, 0.4) is 0 Å². The van der Waals surface area contributed by atoms with Crippen molar-refractivity contribution in [2.24, 2.45) is 5.41 Å². The Labute approximate surface area is 199 Å². The summed E-state index contributed by atoms with van der Waals surface area (Å²) in [5.41, 5.74) is 3.85. The molecule has 4 rings (SSSR count). The van der Waals surface area contributed by atoms with Gasteiger partial charge in [-0.05, 0) is 80.0 Å². The smallest absolute Gasteiger partial charge is 0.253 e. The Hall–Kier alpha value is -2.33.